The second kappa shape index (κ2) is 8.71. The van der Waals surface area contributed by atoms with Gasteiger partial charge in [-0.25, -0.2) is 0 Å². The van der Waals surface area contributed by atoms with Gasteiger partial charge in [-0.05, 0) is 36.1 Å². The molecule has 0 saturated carbocycles. The number of hydrogen-bond acceptors (Lipinski definition) is 3. The summed E-state index contributed by atoms with van der Waals surface area (Å²) in [5.41, 5.74) is 3.12. The summed E-state index contributed by atoms with van der Waals surface area (Å²) in [5.74, 6) is -0.355. The Morgan fingerprint density at radius 3 is 2.33 bits per heavy atom. The Morgan fingerprint density at radius 1 is 0.788 bits per heavy atom. The van der Waals surface area contributed by atoms with Crippen LogP contribution in [0.2, 0.25) is 0 Å². The zero-order chi connectivity index (χ0) is 22.8. The molecule has 4 aromatic carbocycles. The van der Waals surface area contributed by atoms with Crippen LogP contribution in [0.15, 0.2) is 91.0 Å². The molecule has 1 aliphatic rings. The van der Waals surface area contributed by atoms with Crippen molar-refractivity contribution in [1.82, 2.24) is 0 Å². The Hall–Kier alpha value is -4.25. The van der Waals surface area contributed by atoms with E-state index in [1.54, 1.807) is 41.3 Å². The molecule has 0 aromatic heterocycles. The third kappa shape index (κ3) is 3.89. The van der Waals surface area contributed by atoms with Crippen molar-refractivity contribution < 1.29 is 14.4 Å². The number of hydrogen-bond donors (Lipinski definition) is 1. The normalized spacial score (nSPS) is 12.2. The molecule has 0 saturated heterocycles. The largest absolute Gasteiger partial charge is 0.325 e. The van der Waals surface area contributed by atoms with Gasteiger partial charge in [0.1, 0.15) is 0 Å². The van der Waals surface area contributed by atoms with Gasteiger partial charge in [0.25, 0.3) is 5.91 Å². The Labute approximate surface area is 191 Å². The molecule has 0 fully saturated rings. The minimum Gasteiger partial charge on any atom is -0.325 e. The number of amides is 2. The van der Waals surface area contributed by atoms with Crippen LogP contribution >= 0.6 is 0 Å². The molecule has 1 heterocycles. The lowest BCUT2D eigenvalue weighted by molar-refractivity contribution is -0.116. The van der Waals surface area contributed by atoms with Gasteiger partial charge in [0.15, 0.2) is 5.78 Å². The van der Waals surface area contributed by atoms with Gasteiger partial charge in [-0.1, -0.05) is 66.7 Å². The number of nitrogens with zero attached hydrogens (tertiary/aromatic N) is 1. The van der Waals surface area contributed by atoms with Crippen molar-refractivity contribution in [3.8, 4) is 0 Å². The highest BCUT2D eigenvalue weighted by Crippen LogP contribution is 2.37. The lowest BCUT2D eigenvalue weighted by Gasteiger charge is -2.17. The molecule has 5 heteroatoms. The monoisotopic (exact) mass is 434 g/mol. The van der Waals surface area contributed by atoms with E-state index in [-0.39, 0.29) is 24.0 Å². The molecule has 4 aromatic rings. The van der Waals surface area contributed by atoms with E-state index < -0.39 is 0 Å². The summed E-state index contributed by atoms with van der Waals surface area (Å²) in [6, 6.07) is 27.6. The van der Waals surface area contributed by atoms with Gasteiger partial charge in [0.05, 0.1) is 11.4 Å². The first-order valence-corrected chi connectivity index (χ1v) is 11.0. The first-order valence-electron chi connectivity index (χ1n) is 11.0. The third-order valence-corrected chi connectivity index (χ3v) is 5.92. The van der Waals surface area contributed by atoms with E-state index in [0.29, 0.717) is 35.3 Å². The highest BCUT2D eigenvalue weighted by Gasteiger charge is 2.29. The summed E-state index contributed by atoms with van der Waals surface area (Å²) in [6.07, 6.45) is 0.751. The van der Waals surface area contributed by atoms with Crippen molar-refractivity contribution in [3.05, 3.63) is 108 Å². The number of nitrogens with one attached hydrogen (secondary N) is 1. The van der Waals surface area contributed by atoms with Crippen LogP contribution in [-0.4, -0.2) is 24.1 Å². The maximum absolute atomic E-state index is 12.9. The van der Waals surface area contributed by atoms with Crippen LogP contribution in [0.5, 0.6) is 0 Å². The number of carbonyl (C=O) groups excluding carboxylic acids is 3. The molecule has 0 unspecified atom stereocenters. The van der Waals surface area contributed by atoms with Gasteiger partial charge in [0.2, 0.25) is 5.91 Å². The number of ketones is 1. The zero-order valence-electron chi connectivity index (χ0n) is 18.0. The molecule has 0 spiro atoms. The smallest absolute Gasteiger partial charge is 0.258 e. The van der Waals surface area contributed by atoms with Crippen molar-refractivity contribution in [1.29, 1.82) is 0 Å². The predicted molar refractivity (Wildman–Crippen MR) is 130 cm³/mol. The van der Waals surface area contributed by atoms with Crippen LogP contribution in [0.1, 0.15) is 39.1 Å². The lowest BCUT2D eigenvalue weighted by Crippen LogP contribution is -2.28. The zero-order valence-corrected chi connectivity index (χ0v) is 18.0. The molecular weight excluding hydrogens is 412 g/mol. The highest BCUT2D eigenvalue weighted by molar-refractivity contribution is 6.25. The van der Waals surface area contributed by atoms with Crippen LogP contribution < -0.4 is 10.2 Å². The van der Waals surface area contributed by atoms with E-state index in [4.69, 9.17) is 0 Å². The van der Waals surface area contributed by atoms with Gasteiger partial charge < -0.3 is 10.2 Å². The van der Waals surface area contributed by atoms with Gasteiger partial charge in [-0.2, -0.15) is 0 Å². The minimum absolute atomic E-state index is 0.0268. The number of carbonyl (C=O) groups is 3. The van der Waals surface area contributed by atoms with E-state index in [2.05, 4.69) is 5.32 Å². The van der Waals surface area contributed by atoms with E-state index >= 15 is 0 Å². The molecule has 33 heavy (non-hydrogen) atoms. The van der Waals surface area contributed by atoms with Crippen molar-refractivity contribution in [2.24, 2.45) is 0 Å². The van der Waals surface area contributed by atoms with E-state index in [1.807, 2.05) is 54.6 Å². The lowest BCUT2D eigenvalue weighted by atomic mass is 10.0. The average molecular weight is 434 g/mol. The molecule has 5 nitrogen and oxygen atoms in total. The average Bonchev–Trinajstić information content (AvgIpc) is 3.12. The molecule has 0 bridgehead atoms. The fourth-order valence-electron chi connectivity index (χ4n) is 4.35. The Kier molecular flexibility index (Phi) is 5.45. The fraction of sp³-hybridized carbons (Fsp3) is 0.107. The number of benzene rings is 4. The first kappa shape index (κ1) is 20.6. The Morgan fingerprint density at radius 2 is 1.52 bits per heavy atom. The molecule has 0 atom stereocenters. The van der Waals surface area contributed by atoms with E-state index in [9.17, 15) is 14.4 Å². The summed E-state index contributed by atoms with van der Waals surface area (Å²) in [6.45, 7) is 0.449. The summed E-state index contributed by atoms with van der Waals surface area (Å²) in [7, 11) is 0. The van der Waals surface area contributed by atoms with Crippen molar-refractivity contribution in [3.63, 3.8) is 0 Å². The standard InChI is InChI=1S/C28H22N2O3/c31-25(29-23-15-5-4-13-21(23)27(32)20-9-2-1-3-10-20)17-8-18-30-24-16-7-12-19-11-6-14-22(26(19)24)28(30)33/h1-7,9-16H,8,17-18H2,(H,29,31). The van der Waals surface area contributed by atoms with E-state index in [0.717, 1.165) is 16.5 Å². The predicted octanol–water partition coefficient (Wildman–Crippen LogP) is 5.45. The summed E-state index contributed by atoms with van der Waals surface area (Å²) < 4.78 is 0. The fourth-order valence-corrected chi connectivity index (χ4v) is 4.35. The number of rotatable bonds is 7. The quantitative estimate of drug-likeness (QED) is 0.393. The maximum atomic E-state index is 12.9. The summed E-state index contributed by atoms with van der Waals surface area (Å²) >= 11 is 0. The van der Waals surface area contributed by atoms with Crippen molar-refractivity contribution >= 4 is 39.7 Å². The molecule has 1 aliphatic heterocycles. The number of para-hydroxylation sites is 1. The Bertz CT molecular complexity index is 1370. The molecule has 0 radical (unpaired) electrons. The summed E-state index contributed by atoms with van der Waals surface area (Å²) in [5, 5.41) is 4.89. The number of anilines is 2. The maximum Gasteiger partial charge on any atom is 0.258 e. The topological polar surface area (TPSA) is 66.5 Å². The molecule has 162 valence electrons. The SMILES string of the molecule is O=C(CCCN1C(=O)c2cccc3cccc1c23)Nc1ccccc1C(=O)c1ccccc1. The van der Waals surface area contributed by atoms with Crippen LogP contribution in [0.4, 0.5) is 11.4 Å². The highest BCUT2D eigenvalue weighted by atomic mass is 16.2. The van der Waals surface area contributed by atoms with Crippen LogP contribution in [0.3, 0.4) is 0 Å². The first-order chi connectivity index (χ1) is 16.1. The van der Waals surface area contributed by atoms with Crippen molar-refractivity contribution in [2.45, 2.75) is 12.8 Å². The Balaban J connectivity index is 1.25. The van der Waals surface area contributed by atoms with E-state index in [1.165, 1.54) is 0 Å². The van der Waals surface area contributed by atoms with Crippen molar-refractivity contribution in [2.75, 3.05) is 16.8 Å². The summed E-state index contributed by atoms with van der Waals surface area (Å²) in [4.78, 5) is 40.2. The second-order valence-corrected chi connectivity index (χ2v) is 8.03. The van der Waals surface area contributed by atoms with Gasteiger partial charge in [-0.3, -0.25) is 14.4 Å². The molecule has 5 rings (SSSR count). The molecule has 2 amide bonds. The van der Waals surface area contributed by atoms with Crippen LogP contribution in [0.25, 0.3) is 10.8 Å². The molecule has 0 aliphatic carbocycles. The third-order valence-electron chi connectivity index (χ3n) is 5.92. The van der Waals surface area contributed by atoms with Gasteiger partial charge in [-0.15, -0.1) is 0 Å². The van der Waals surface area contributed by atoms with Crippen LogP contribution in [0, 0.1) is 0 Å². The molecular formula is C28H22N2O3. The van der Waals surface area contributed by atoms with Gasteiger partial charge >= 0.3 is 0 Å². The minimum atomic E-state index is -0.189. The molecule has 1 N–H and O–H groups in total. The second-order valence-electron chi connectivity index (χ2n) is 8.03. The van der Waals surface area contributed by atoms with Crippen LogP contribution in [-0.2, 0) is 4.79 Å². The van der Waals surface area contributed by atoms with Gasteiger partial charge in [0, 0.05) is 35.0 Å².